The van der Waals surface area contributed by atoms with Crippen LogP contribution in [-0.4, -0.2) is 44.1 Å². The fourth-order valence-corrected chi connectivity index (χ4v) is 4.78. The number of methoxy groups -OCH3 is 1. The van der Waals surface area contributed by atoms with Crippen molar-refractivity contribution in [3.63, 3.8) is 0 Å². The molecule has 0 radical (unpaired) electrons. The van der Waals surface area contributed by atoms with E-state index in [4.69, 9.17) is 16.3 Å². The molecule has 2 heterocycles. The Labute approximate surface area is 173 Å². The molecule has 5 nitrogen and oxygen atoms in total. The van der Waals surface area contributed by atoms with Gasteiger partial charge >= 0.3 is 0 Å². The average molecular weight is 416 g/mol. The lowest BCUT2D eigenvalue weighted by Gasteiger charge is -2.23. The summed E-state index contributed by atoms with van der Waals surface area (Å²) in [4.78, 5) is 0. The van der Waals surface area contributed by atoms with Crippen LogP contribution in [0.25, 0.3) is 22.5 Å². The number of aliphatic hydroxyl groups is 1. The Morgan fingerprint density at radius 2 is 1.93 bits per heavy atom. The maximum Gasteiger partial charge on any atom is 0.165 e. The number of aromatic nitrogens is 3. The van der Waals surface area contributed by atoms with Crippen molar-refractivity contribution < 1.29 is 9.84 Å². The van der Waals surface area contributed by atoms with Crippen LogP contribution in [0, 0.1) is 0 Å². The largest absolute Gasteiger partial charge is 0.497 e. The van der Waals surface area contributed by atoms with E-state index in [-0.39, 0.29) is 11.4 Å². The Kier molecular flexibility index (Phi) is 5.36. The molecule has 0 saturated heterocycles. The molecule has 2 aromatic carbocycles. The van der Waals surface area contributed by atoms with E-state index in [0.29, 0.717) is 11.4 Å². The lowest BCUT2D eigenvalue weighted by atomic mass is 10.0. The molecule has 0 bridgehead atoms. The highest BCUT2D eigenvalue weighted by Crippen LogP contribution is 2.36. The lowest BCUT2D eigenvalue weighted by Crippen LogP contribution is -2.28. The fourth-order valence-electron chi connectivity index (χ4n) is 3.43. The second-order valence-corrected chi connectivity index (χ2v) is 9.24. The zero-order chi connectivity index (χ0) is 19.7. The Hall–Kier alpha value is -2.02. The minimum atomic E-state index is -0.222. The van der Waals surface area contributed by atoms with Crippen molar-refractivity contribution in [2.45, 2.75) is 24.6 Å². The minimum Gasteiger partial charge on any atom is -0.497 e. The van der Waals surface area contributed by atoms with Crippen LogP contribution < -0.4 is 4.74 Å². The first kappa shape index (κ1) is 19.3. The van der Waals surface area contributed by atoms with Crippen molar-refractivity contribution in [3.8, 4) is 28.3 Å². The number of nitrogens with zero attached hydrogens (tertiary/aromatic N) is 3. The van der Waals surface area contributed by atoms with E-state index in [2.05, 4.69) is 21.7 Å². The predicted octanol–water partition coefficient (Wildman–Crippen LogP) is 4.31. The molecule has 1 aliphatic heterocycles. The molecule has 0 spiro atoms. The van der Waals surface area contributed by atoms with Gasteiger partial charge in [0.05, 0.1) is 18.7 Å². The van der Waals surface area contributed by atoms with E-state index in [1.165, 1.54) is 0 Å². The van der Waals surface area contributed by atoms with E-state index in [9.17, 15) is 5.11 Å². The molecule has 0 aliphatic carbocycles. The van der Waals surface area contributed by atoms with E-state index in [1.807, 2.05) is 42.5 Å². The summed E-state index contributed by atoms with van der Waals surface area (Å²) in [6, 6.07) is 13.9. The van der Waals surface area contributed by atoms with Crippen molar-refractivity contribution in [2.75, 3.05) is 19.5 Å². The first-order valence-electron chi connectivity index (χ1n) is 9.14. The highest BCUT2D eigenvalue weighted by atomic mass is 35.5. The van der Waals surface area contributed by atoms with Crippen molar-refractivity contribution in [2.24, 2.45) is 0 Å². The summed E-state index contributed by atoms with van der Waals surface area (Å²) < 4.78 is 7.13. The van der Waals surface area contributed by atoms with Crippen LogP contribution in [0.2, 0.25) is 5.02 Å². The van der Waals surface area contributed by atoms with Crippen LogP contribution in [0.5, 0.6) is 5.75 Å². The number of thioether (sulfide) groups is 1. The Balaban J connectivity index is 1.67. The zero-order valence-electron chi connectivity index (χ0n) is 15.9. The normalized spacial score (nSPS) is 19.1. The van der Waals surface area contributed by atoms with E-state index < -0.39 is 0 Å². The molecular weight excluding hydrogens is 394 g/mol. The molecule has 1 aromatic heterocycles. The van der Waals surface area contributed by atoms with Gasteiger partial charge < -0.3 is 14.4 Å². The quantitative estimate of drug-likeness (QED) is 0.687. The summed E-state index contributed by atoms with van der Waals surface area (Å²) in [5, 5.41) is 19.2. The molecule has 3 aromatic rings. The third kappa shape index (κ3) is 3.64. The molecule has 1 unspecified atom stereocenters. The number of hydrogen-bond acceptors (Lipinski definition) is 5. The topological polar surface area (TPSA) is 60.2 Å². The summed E-state index contributed by atoms with van der Waals surface area (Å²) in [7, 11) is 1.66. The maximum atomic E-state index is 9.73. The summed E-state index contributed by atoms with van der Waals surface area (Å²) in [6.45, 7) is 2.99. The standard InChI is InChI=1S/C21H22ClN3O2S/c1-21(13-26)12-19-23-24-20(25(19)9-10-28-21)17-8-5-15(11-18(17)22)14-3-6-16(27-2)7-4-14/h3-8,11,26H,9-10,12-13H2,1-2H3. The monoisotopic (exact) mass is 415 g/mol. The molecule has 1 aliphatic rings. The van der Waals surface area contributed by atoms with Gasteiger partial charge in [-0.2, -0.15) is 11.8 Å². The Bertz CT molecular complexity index is 990. The van der Waals surface area contributed by atoms with Gasteiger partial charge in [-0.05, 0) is 42.3 Å². The van der Waals surface area contributed by atoms with Crippen molar-refractivity contribution in [1.29, 1.82) is 0 Å². The molecule has 1 N–H and O–H groups in total. The molecule has 0 saturated carbocycles. The minimum absolute atomic E-state index is 0.122. The number of ether oxygens (including phenoxy) is 1. The molecule has 0 fully saturated rings. The summed E-state index contributed by atoms with van der Waals surface area (Å²) >= 11 is 8.42. The number of aliphatic hydroxyl groups excluding tert-OH is 1. The van der Waals surface area contributed by atoms with Gasteiger partial charge in [0.2, 0.25) is 0 Å². The van der Waals surface area contributed by atoms with Gasteiger partial charge in [0.25, 0.3) is 0 Å². The molecule has 146 valence electrons. The van der Waals surface area contributed by atoms with E-state index in [0.717, 1.165) is 46.4 Å². The number of fused-ring (bicyclic) bond motifs is 1. The number of rotatable bonds is 4. The third-order valence-electron chi connectivity index (χ3n) is 5.09. The SMILES string of the molecule is COc1ccc(-c2ccc(-c3nnc4n3CCSC(C)(CO)C4)c(Cl)c2)cc1. The lowest BCUT2D eigenvalue weighted by molar-refractivity contribution is 0.254. The van der Waals surface area contributed by atoms with Gasteiger partial charge in [0, 0.05) is 29.0 Å². The molecule has 1 atom stereocenters. The highest BCUT2D eigenvalue weighted by Gasteiger charge is 2.31. The van der Waals surface area contributed by atoms with Crippen LogP contribution in [0.1, 0.15) is 12.7 Å². The smallest absolute Gasteiger partial charge is 0.165 e. The predicted molar refractivity (Wildman–Crippen MR) is 114 cm³/mol. The number of benzene rings is 2. The zero-order valence-corrected chi connectivity index (χ0v) is 17.4. The third-order valence-corrected chi connectivity index (χ3v) is 6.76. The second-order valence-electron chi connectivity index (χ2n) is 7.15. The van der Waals surface area contributed by atoms with Crippen molar-refractivity contribution in [1.82, 2.24) is 14.8 Å². The number of halogens is 1. The number of hydrogen-bond donors (Lipinski definition) is 1. The van der Waals surface area contributed by atoms with Gasteiger partial charge in [-0.1, -0.05) is 29.8 Å². The van der Waals surface area contributed by atoms with Crippen molar-refractivity contribution in [3.05, 3.63) is 53.3 Å². The van der Waals surface area contributed by atoms with Gasteiger partial charge in [0.1, 0.15) is 11.6 Å². The molecule has 4 rings (SSSR count). The van der Waals surface area contributed by atoms with E-state index in [1.54, 1.807) is 18.9 Å². The molecule has 28 heavy (non-hydrogen) atoms. The Morgan fingerprint density at radius 1 is 1.18 bits per heavy atom. The molecule has 7 heteroatoms. The van der Waals surface area contributed by atoms with Crippen LogP contribution in [0.15, 0.2) is 42.5 Å². The summed E-state index contributed by atoms with van der Waals surface area (Å²) in [5.74, 6) is 3.40. The first-order chi connectivity index (χ1) is 13.5. The fraction of sp³-hybridized carbons (Fsp3) is 0.333. The summed E-state index contributed by atoms with van der Waals surface area (Å²) in [6.07, 6.45) is 0.683. The van der Waals surface area contributed by atoms with E-state index >= 15 is 0 Å². The van der Waals surface area contributed by atoms with Crippen LogP contribution in [0.4, 0.5) is 0 Å². The first-order valence-corrected chi connectivity index (χ1v) is 10.5. The maximum absolute atomic E-state index is 9.73. The van der Waals surface area contributed by atoms with Crippen LogP contribution in [-0.2, 0) is 13.0 Å². The molecular formula is C21H22ClN3O2S. The Morgan fingerprint density at radius 3 is 2.61 bits per heavy atom. The second kappa shape index (κ2) is 7.78. The molecule has 0 amide bonds. The van der Waals surface area contributed by atoms with Crippen LogP contribution >= 0.6 is 23.4 Å². The van der Waals surface area contributed by atoms with Gasteiger partial charge in [-0.25, -0.2) is 0 Å². The highest BCUT2D eigenvalue weighted by molar-refractivity contribution is 8.00. The van der Waals surface area contributed by atoms with Crippen molar-refractivity contribution >= 4 is 23.4 Å². The van der Waals surface area contributed by atoms with Gasteiger partial charge in [-0.15, -0.1) is 10.2 Å². The van der Waals surface area contributed by atoms with Crippen LogP contribution in [0.3, 0.4) is 0 Å². The average Bonchev–Trinajstić information content (AvgIpc) is 3.01. The van der Waals surface area contributed by atoms with Gasteiger partial charge in [0.15, 0.2) is 5.82 Å². The van der Waals surface area contributed by atoms with Gasteiger partial charge in [-0.3, -0.25) is 0 Å². The summed E-state index contributed by atoms with van der Waals surface area (Å²) in [5.41, 5.74) is 2.98.